The van der Waals surface area contributed by atoms with Crippen molar-refractivity contribution in [2.45, 2.75) is 18.9 Å². The third kappa shape index (κ3) is 3.27. The van der Waals surface area contributed by atoms with E-state index in [1.54, 1.807) is 0 Å². The van der Waals surface area contributed by atoms with E-state index in [-0.39, 0.29) is 5.75 Å². The quantitative estimate of drug-likeness (QED) is 0.871. The van der Waals surface area contributed by atoms with E-state index < -0.39 is 9.84 Å². The lowest BCUT2D eigenvalue weighted by Gasteiger charge is -2.25. The van der Waals surface area contributed by atoms with Crippen LogP contribution >= 0.6 is 0 Å². The first-order valence-electron chi connectivity index (χ1n) is 7.44. The van der Waals surface area contributed by atoms with Gasteiger partial charge in [-0.2, -0.15) is 0 Å². The molecule has 21 heavy (non-hydrogen) atoms. The van der Waals surface area contributed by atoms with Gasteiger partial charge in [-0.25, -0.2) is 8.42 Å². The van der Waals surface area contributed by atoms with Crippen molar-refractivity contribution in [1.82, 2.24) is 4.90 Å². The van der Waals surface area contributed by atoms with E-state index in [0.717, 1.165) is 19.4 Å². The van der Waals surface area contributed by atoms with Crippen molar-refractivity contribution in [3.05, 3.63) is 48.0 Å². The van der Waals surface area contributed by atoms with E-state index >= 15 is 0 Å². The van der Waals surface area contributed by atoms with Crippen LogP contribution in [0, 0.1) is 0 Å². The second kappa shape index (κ2) is 5.78. The van der Waals surface area contributed by atoms with Crippen molar-refractivity contribution in [2.24, 2.45) is 0 Å². The van der Waals surface area contributed by atoms with Crippen LogP contribution in [0.15, 0.2) is 42.5 Å². The molecule has 4 heteroatoms. The van der Waals surface area contributed by atoms with Crippen LogP contribution in [0.1, 0.15) is 24.4 Å². The van der Waals surface area contributed by atoms with Crippen molar-refractivity contribution >= 4 is 20.6 Å². The summed E-state index contributed by atoms with van der Waals surface area (Å²) in [6.45, 7) is 1.62. The van der Waals surface area contributed by atoms with Crippen LogP contribution in [0.4, 0.5) is 0 Å². The maximum atomic E-state index is 11.4. The smallest absolute Gasteiger partial charge is 0.148 e. The average molecular weight is 303 g/mol. The highest BCUT2D eigenvalue weighted by molar-refractivity contribution is 7.90. The van der Waals surface area contributed by atoms with Crippen LogP contribution in [-0.4, -0.2) is 38.4 Å². The minimum atomic E-state index is -2.90. The van der Waals surface area contributed by atoms with Gasteiger partial charge < -0.3 is 0 Å². The molecule has 2 aromatic rings. The highest BCUT2D eigenvalue weighted by Gasteiger charge is 2.27. The molecular weight excluding hydrogens is 282 g/mol. The highest BCUT2D eigenvalue weighted by Crippen LogP contribution is 2.35. The largest absolute Gasteiger partial charge is 0.295 e. The maximum absolute atomic E-state index is 11.4. The topological polar surface area (TPSA) is 37.4 Å². The fraction of sp³-hybridized carbons (Fsp3) is 0.412. The van der Waals surface area contributed by atoms with Crippen molar-refractivity contribution in [1.29, 1.82) is 0 Å². The zero-order valence-electron chi connectivity index (χ0n) is 12.3. The van der Waals surface area contributed by atoms with Gasteiger partial charge in [0.25, 0.3) is 0 Å². The summed E-state index contributed by atoms with van der Waals surface area (Å²) in [6, 6.07) is 15.2. The summed E-state index contributed by atoms with van der Waals surface area (Å²) in [7, 11) is -2.90. The zero-order chi connectivity index (χ0) is 14.9. The Bertz CT molecular complexity index is 734. The molecule has 3 rings (SSSR count). The molecule has 1 aliphatic rings. The summed E-state index contributed by atoms with van der Waals surface area (Å²) in [5.74, 6) is 0.244. The van der Waals surface area contributed by atoms with Crippen LogP contribution in [-0.2, 0) is 9.84 Å². The standard InChI is InChI=1S/C17H21NO2S/c1-21(19,20)13-12-18-11-5-10-17(18)16-9-4-7-14-6-2-3-8-15(14)16/h2-4,6-9,17H,5,10-13H2,1H3/t17-/m0/s1. The second-order valence-corrected chi connectivity index (χ2v) is 8.15. The van der Waals surface area contributed by atoms with Gasteiger partial charge in [0.05, 0.1) is 5.75 Å². The van der Waals surface area contributed by atoms with Gasteiger partial charge >= 0.3 is 0 Å². The molecule has 0 aliphatic carbocycles. The van der Waals surface area contributed by atoms with Crippen LogP contribution in [0.2, 0.25) is 0 Å². The van der Waals surface area contributed by atoms with Crippen LogP contribution in [0.25, 0.3) is 10.8 Å². The molecule has 2 aromatic carbocycles. The summed E-state index contributed by atoms with van der Waals surface area (Å²) < 4.78 is 22.8. The van der Waals surface area contributed by atoms with Gasteiger partial charge in [0, 0.05) is 18.8 Å². The van der Waals surface area contributed by atoms with Gasteiger partial charge in [-0.3, -0.25) is 4.90 Å². The van der Waals surface area contributed by atoms with E-state index in [1.807, 2.05) is 0 Å². The Balaban J connectivity index is 1.90. The Hall–Kier alpha value is -1.39. The van der Waals surface area contributed by atoms with E-state index in [2.05, 4.69) is 47.4 Å². The zero-order valence-corrected chi connectivity index (χ0v) is 13.1. The first-order chi connectivity index (χ1) is 10.0. The summed E-state index contributed by atoms with van der Waals surface area (Å²) in [5, 5.41) is 2.54. The molecule has 0 aromatic heterocycles. The molecule has 0 N–H and O–H groups in total. The fourth-order valence-electron chi connectivity index (χ4n) is 3.27. The lowest BCUT2D eigenvalue weighted by molar-refractivity contribution is 0.274. The minimum absolute atomic E-state index is 0.244. The first kappa shape index (κ1) is 14.5. The van der Waals surface area contributed by atoms with Gasteiger partial charge in [0.2, 0.25) is 0 Å². The summed E-state index contributed by atoms with van der Waals surface area (Å²) >= 11 is 0. The Labute approximate surface area is 126 Å². The number of sulfone groups is 1. The molecule has 1 fully saturated rings. The maximum Gasteiger partial charge on any atom is 0.148 e. The fourth-order valence-corrected chi connectivity index (χ4v) is 3.84. The molecule has 1 heterocycles. The summed E-state index contributed by atoms with van der Waals surface area (Å²) in [6.07, 6.45) is 3.56. The number of hydrogen-bond acceptors (Lipinski definition) is 3. The molecular formula is C17H21NO2S. The van der Waals surface area contributed by atoms with Crippen molar-refractivity contribution < 1.29 is 8.42 Å². The third-order valence-electron chi connectivity index (χ3n) is 4.30. The first-order valence-corrected chi connectivity index (χ1v) is 9.50. The van der Waals surface area contributed by atoms with Crippen LogP contribution in [0.5, 0.6) is 0 Å². The third-order valence-corrected chi connectivity index (χ3v) is 5.22. The Morgan fingerprint density at radius 1 is 1.14 bits per heavy atom. The van der Waals surface area contributed by atoms with E-state index in [4.69, 9.17) is 0 Å². The lowest BCUT2D eigenvalue weighted by atomic mass is 9.97. The number of benzene rings is 2. The Kier molecular flexibility index (Phi) is 4.00. The van der Waals surface area contributed by atoms with Gasteiger partial charge in [0.15, 0.2) is 0 Å². The van der Waals surface area contributed by atoms with Gasteiger partial charge in [-0.1, -0.05) is 42.5 Å². The average Bonchev–Trinajstić information content (AvgIpc) is 2.92. The molecule has 1 aliphatic heterocycles. The molecule has 0 radical (unpaired) electrons. The molecule has 0 saturated carbocycles. The number of fused-ring (bicyclic) bond motifs is 1. The molecule has 0 spiro atoms. The van der Waals surface area contributed by atoms with Crippen molar-refractivity contribution in [3.63, 3.8) is 0 Å². The van der Waals surface area contributed by atoms with Crippen LogP contribution < -0.4 is 0 Å². The van der Waals surface area contributed by atoms with Crippen LogP contribution in [0.3, 0.4) is 0 Å². The van der Waals surface area contributed by atoms with Crippen molar-refractivity contribution in [2.75, 3.05) is 25.1 Å². The molecule has 1 atom stereocenters. The Morgan fingerprint density at radius 3 is 2.71 bits per heavy atom. The van der Waals surface area contributed by atoms with E-state index in [0.29, 0.717) is 12.6 Å². The SMILES string of the molecule is CS(=O)(=O)CCN1CCC[C@H]1c1cccc2ccccc12. The normalized spacial score (nSPS) is 20.1. The summed E-state index contributed by atoms with van der Waals surface area (Å²) in [4.78, 5) is 2.32. The highest BCUT2D eigenvalue weighted by atomic mass is 32.2. The molecule has 0 bridgehead atoms. The monoisotopic (exact) mass is 303 g/mol. The molecule has 3 nitrogen and oxygen atoms in total. The predicted molar refractivity (Wildman–Crippen MR) is 87.2 cm³/mol. The number of nitrogens with zero attached hydrogens (tertiary/aromatic N) is 1. The van der Waals surface area contributed by atoms with Crippen molar-refractivity contribution in [3.8, 4) is 0 Å². The minimum Gasteiger partial charge on any atom is -0.295 e. The predicted octanol–water partition coefficient (Wildman–Crippen LogP) is 3.02. The number of hydrogen-bond donors (Lipinski definition) is 0. The molecule has 0 amide bonds. The molecule has 112 valence electrons. The van der Waals surface area contributed by atoms with Gasteiger partial charge in [-0.05, 0) is 35.7 Å². The van der Waals surface area contributed by atoms with Gasteiger partial charge in [0.1, 0.15) is 9.84 Å². The number of likely N-dealkylation sites (tertiary alicyclic amines) is 1. The molecule has 1 saturated heterocycles. The van der Waals surface area contributed by atoms with E-state index in [9.17, 15) is 8.42 Å². The lowest BCUT2D eigenvalue weighted by Crippen LogP contribution is -2.29. The second-order valence-electron chi connectivity index (χ2n) is 5.89. The number of rotatable bonds is 4. The Morgan fingerprint density at radius 2 is 1.90 bits per heavy atom. The van der Waals surface area contributed by atoms with Gasteiger partial charge in [-0.15, -0.1) is 0 Å². The van der Waals surface area contributed by atoms with E-state index in [1.165, 1.54) is 22.6 Å². The summed E-state index contributed by atoms with van der Waals surface area (Å²) in [5.41, 5.74) is 1.33. The molecule has 0 unspecified atom stereocenters.